The van der Waals surface area contributed by atoms with E-state index in [2.05, 4.69) is 38.0 Å². The molecule has 0 rings (SSSR count). The van der Waals surface area contributed by atoms with Crippen LogP contribution in [0.15, 0.2) is 13.2 Å². The predicted octanol–water partition coefficient (Wildman–Crippen LogP) is 0.268. The Morgan fingerprint density at radius 3 is 1.40 bits per heavy atom. The van der Waals surface area contributed by atoms with Gasteiger partial charge in [0.25, 0.3) is 0 Å². The molecule has 52 valence electrons. The monoisotopic (exact) mass is 197 g/mol. The Morgan fingerprint density at radius 2 is 1.40 bits per heavy atom. The first-order valence-electron chi connectivity index (χ1n) is 2.05. The van der Waals surface area contributed by atoms with Crippen molar-refractivity contribution in [3.8, 4) is 0 Å². The van der Waals surface area contributed by atoms with Gasteiger partial charge in [-0.1, -0.05) is 12.2 Å². The van der Waals surface area contributed by atoms with Crippen LogP contribution in [0.2, 0.25) is 0 Å². The van der Waals surface area contributed by atoms with Crippen LogP contribution >= 0.6 is 24.8 Å². The summed E-state index contributed by atoms with van der Waals surface area (Å²) < 4.78 is 0.620. The normalized spacial score (nSPS) is 5.10. The molecule has 0 aromatic rings. The van der Waals surface area contributed by atoms with Gasteiger partial charge in [-0.3, -0.25) is 0 Å². The number of hydrogen-bond donors (Lipinski definition) is 1. The first-order chi connectivity index (χ1) is 3.64. The molecule has 0 aliphatic carbocycles. The zero-order valence-electron chi connectivity index (χ0n) is 5.22. The Bertz CT molecular complexity index is 78.0. The van der Waals surface area contributed by atoms with Crippen molar-refractivity contribution in [1.82, 2.24) is 4.90 Å². The molecule has 5 heteroatoms. The van der Waals surface area contributed by atoms with Crippen LogP contribution in [0.25, 0.3) is 0 Å². The van der Waals surface area contributed by atoms with Gasteiger partial charge < -0.3 is 4.90 Å². The van der Waals surface area contributed by atoms with E-state index in [0.29, 0.717) is 4.32 Å². The van der Waals surface area contributed by atoms with Crippen LogP contribution < -0.4 is 0 Å². The molecule has 0 fully saturated rings. The van der Waals surface area contributed by atoms with Gasteiger partial charge in [0.15, 0.2) is 0 Å². The van der Waals surface area contributed by atoms with Gasteiger partial charge in [-0.05, 0) is 0 Å². The molecule has 10 heavy (non-hydrogen) atoms. The Labute approximate surface area is 119 Å². The molecule has 0 aliphatic heterocycles. The summed E-state index contributed by atoms with van der Waals surface area (Å²) in [4.78, 5) is 1.76. The summed E-state index contributed by atoms with van der Waals surface area (Å²) in [5.74, 6) is 0. The van der Waals surface area contributed by atoms with E-state index < -0.39 is 0 Å². The fraction of sp³-hybridized carbons (Fsp3) is 0.400. The van der Waals surface area contributed by atoms with Crippen molar-refractivity contribution in [3.05, 3.63) is 13.2 Å². The van der Waals surface area contributed by atoms with E-state index in [0.717, 1.165) is 0 Å². The summed E-state index contributed by atoms with van der Waals surface area (Å²) in [6.07, 6.45) is 0. The van der Waals surface area contributed by atoms with E-state index in [-0.39, 0.29) is 59.1 Å². The summed E-state index contributed by atoms with van der Waals surface area (Å²) in [6, 6.07) is 0. The number of nitrogens with zero attached hydrogens (tertiary/aromatic N) is 1. The third-order valence-electron chi connectivity index (χ3n) is 0.383. The molecule has 0 radical (unpaired) electrons. The van der Waals surface area contributed by atoms with Gasteiger partial charge in [0.2, 0.25) is 0 Å². The fourth-order valence-electron chi connectivity index (χ4n) is 0. The molecule has 0 saturated heterocycles. The third kappa shape index (κ3) is 22.5. The van der Waals surface area contributed by atoms with Crippen LogP contribution in [0.4, 0.5) is 0 Å². The molecule has 0 unspecified atom stereocenters. The van der Waals surface area contributed by atoms with Crippen molar-refractivity contribution in [1.29, 1.82) is 0 Å². The minimum absolute atomic E-state index is 0. The van der Waals surface area contributed by atoms with Crippen LogP contribution in [-0.4, -0.2) is 82.4 Å². The second-order valence-electron chi connectivity index (χ2n) is 1.18. The summed E-state index contributed by atoms with van der Waals surface area (Å²) >= 11 is 8.46. The molecule has 0 aromatic heterocycles. The first-order valence-corrected chi connectivity index (χ1v) is 2.90. The van der Waals surface area contributed by atoms with Gasteiger partial charge >= 0.3 is 59.1 Å². The maximum absolute atomic E-state index is 4.61. The molecule has 1 nitrogen and oxygen atoms in total. The molecule has 0 heterocycles. The van der Waals surface area contributed by atoms with E-state index in [4.69, 9.17) is 0 Å². The Balaban J connectivity index is -0.0000000412. The summed E-state index contributed by atoms with van der Waals surface area (Å²) in [7, 11) is 3.71. The van der Waals surface area contributed by atoms with Gasteiger partial charge in [-0.2, -0.15) is 0 Å². The molecule has 0 atom stereocenters. The SMILES string of the molecule is C=C.CN(C)C(=S)S.[NaH].[NaH]. The molecule has 0 spiro atoms. The summed E-state index contributed by atoms with van der Waals surface area (Å²) in [6.45, 7) is 6.00. The van der Waals surface area contributed by atoms with E-state index in [1.54, 1.807) is 4.90 Å². The van der Waals surface area contributed by atoms with Crippen molar-refractivity contribution in [2.75, 3.05) is 14.1 Å². The van der Waals surface area contributed by atoms with Crippen molar-refractivity contribution < 1.29 is 0 Å². The van der Waals surface area contributed by atoms with Gasteiger partial charge in [0.1, 0.15) is 4.32 Å². The Kier molecular flexibility index (Phi) is 39.0. The standard InChI is InChI=1S/C3H7NS2.C2H4.2Na.2H/c1-4(2)3(5)6;1-2;;;;/h1-2H3,(H,5,6);1-2H2;;;;. The van der Waals surface area contributed by atoms with Crippen molar-refractivity contribution in [3.63, 3.8) is 0 Å². The molecule has 0 aromatic carbocycles. The van der Waals surface area contributed by atoms with Gasteiger partial charge in [-0.15, -0.1) is 25.8 Å². The van der Waals surface area contributed by atoms with E-state index in [9.17, 15) is 0 Å². The van der Waals surface area contributed by atoms with Crippen LogP contribution in [0.5, 0.6) is 0 Å². The zero-order valence-corrected chi connectivity index (χ0v) is 6.93. The van der Waals surface area contributed by atoms with E-state index in [1.165, 1.54) is 0 Å². The molecule has 0 N–H and O–H groups in total. The number of thiocarbonyl (C=S) groups is 1. The molecular weight excluding hydrogens is 184 g/mol. The molecule has 0 amide bonds. The number of hydrogen-bond acceptors (Lipinski definition) is 1. The first kappa shape index (κ1) is 22.7. The Hall–Kier alpha value is 1.98. The third-order valence-corrected chi connectivity index (χ3v) is 1.15. The van der Waals surface area contributed by atoms with Crippen LogP contribution in [-0.2, 0) is 0 Å². The summed E-state index contributed by atoms with van der Waals surface area (Å²) in [5.41, 5.74) is 0. The summed E-state index contributed by atoms with van der Waals surface area (Å²) in [5, 5.41) is 0. The predicted molar refractivity (Wildman–Crippen MR) is 60.8 cm³/mol. The molecule has 0 bridgehead atoms. The van der Waals surface area contributed by atoms with Crippen molar-refractivity contribution in [2.24, 2.45) is 0 Å². The Morgan fingerprint density at radius 1 is 1.30 bits per heavy atom. The quantitative estimate of drug-likeness (QED) is 0.257. The van der Waals surface area contributed by atoms with Crippen LogP contribution in [0, 0.1) is 0 Å². The van der Waals surface area contributed by atoms with E-state index in [1.807, 2.05) is 14.1 Å². The topological polar surface area (TPSA) is 3.24 Å². The maximum atomic E-state index is 4.61. The number of thiol groups is 1. The van der Waals surface area contributed by atoms with E-state index >= 15 is 0 Å². The second-order valence-corrected chi connectivity index (χ2v) is 2.29. The second kappa shape index (κ2) is 17.2. The molecule has 0 saturated carbocycles. The zero-order chi connectivity index (χ0) is 7.15. The van der Waals surface area contributed by atoms with Crippen LogP contribution in [0.3, 0.4) is 0 Å². The van der Waals surface area contributed by atoms with Crippen molar-refractivity contribution >= 4 is 88.3 Å². The average Bonchev–Trinajstić information content (AvgIpc) is 1.72. The van der Waals surface area contributed by atoms with Crippen molar-refractivity contribution in [2.45, 2.75) is 0 Å². The van der Waals surface area contributed by atoms with Crippen LogP contribution in [0.1, 0.15) is 0 Å². The van der Waals surface area contributed by atoms with Gasteiger partial charge in [0, 0.05) is 14.1 Å². The molecule has 0 aliphatic rings. The molecular formula is C5H13NNa2S2. The minimum atomic E-state index is 0. The average molecular weight is 197 g/mol. The van der Waals surface area contributed by atoms with Gasteiger partial charge in [0.05, 0.1) is 0 Å². The fourth-order valence-corrected chi connectivity index (χ4v) is 0. The van der Waals surface area contributed by atoms with Gasteiger partial charge in [-0.25, -0.2) is 0 Å². The number of rotatable bonds is 0.